The summed E-state index contributed by atoms with van der Waals surface area (Å²) in [7, 11) is 2.12. The Morgan fingerprint density at radius 3 is 2.23 bits per heavy atom. The predicted octanol–water partition coefficient (Wildman–Crippen LogP) is 3.80. The summed E-state index contributed by atoms with van der Waals surface area (Å²) in [6.07, 6.45) is 0.676. The highest BCUT2D eigenvalue weighted by atomic mass is 32.2. The van der Waals surface area contributed by atoms with Crippen LogP contribution in [0.1, 0.15) is 23.5 Å². The topological polar surface area (TPSA) is 20.3 Å². The van der Waals surface area contributed by atoms with Gasteiger partial charge in [0.15, 0.2) is 0 Å². The quantitative estimate of drug-likeness (QED) is 0.799. The van der Waals surface area contributed by atoms with Gasteiger partial charge in [-0.25, -0.2) is 0 Å². The van der Waals surface area contributed by atoms with Crippen LogP contribution in [0.15, 0.2) is 58.3 Å². The summed E-state index contributed by atoms with van der Waals surface area (Å²) in [5, 5.41) is 0. The number of carbonyl (C=O) groups excluding carboxylic acids is 1. The molecule has 0 saturated carbocycles. The first-order valence-corrected chi connectivity index (χ1v) is 8.62. The molecule has 2 nitrogen and oxygen atoms in total. The maximum Gasteiger partial charge on any atom is 0.139 e. The maximum absolute atomic E-state index is 12.6. The predicted molar refractivity (Wildman–Crippen MR) is 89.5 cm³/mol. The summed E-state index contributed by atoms with van der Waals surface area (Å²) >= 11 is 1.83. The van der Waals surface area contributed by atoms with E-state index in [2.05, 4.69) is 60.5 Å². The average molecular weight is 309 g/mol. The molecule has 2 aliphatic heterocycles. The molecule has 3 heteroatoms. The highest BCUT2D eigenvalue weighted by Gasteiger charge is 2.38. The molecule has 1 atom stereocenters. The van der Waals surface area contributed by atoms with E-state index in [4.69, 9.17) is 0 Å². The van der Waals surface area contributed by atoms with E-state index in [1.165, 1.54) is 20.9 Å². The second kappa shape index (κ2) is 5.56. The smallest absolute Gasteiger partial charge is 0.139 e. The summed E-state index contributed by atoms with van der Waals surface area (Å²) in [5.74, 6) is 0.686. The normalized spacial score (nSPS) is 22.2. The third-order valence-electron chi connectivity index (χ3n) is 4.79. The van der Waals surface area contributed by atoms with Crippen LogP contribution in [0.25, 0.3) is 0 Å². The highest BCUT2D eigenvalue weighted by molar-refractivity contribution is 7.99. The van der Waals surface area contributed by atoms with Crippen molar-refractivity contribution < 1.29 is 4.79 Å². The third kappa shape index (κ3) is 2.29. The fourth-order valence-corrected chi connectivity index (χ4v) is 4.84. The van der Waals surface area contributed by atoms with Gasteiger partial charge in [-0.05, 0) is 30.3 Å². The minimum absolute atomic E-state index is 0.0713. The van der Waals surface area contributed by atoms with Gasteiger partial charge in [-0.15, -0.1) is 0 Å². The Hall–Kier alpha value is -1.58. The van der Waals surface area contributed by atoms with Gasteiger partial charge >= 0.3 is 0 Å². The molecule has 2 aromatic carbocycles. The van der Waals surface area contributed by atoms with Crippen molar-refractivity contribution in [2.75, 3.05) is 20.1 Å². The molecule has 2 heterocycles. The Kier molecular flexibility index (Phi) is 3.55. The van der Waals surface area contributed by atoms with E-state index in [0.717, 1.165) is 13.1 Å². The summed E-state index contributed by atoms with van der Waals surface area (Å²) < 4.78 is 0. The lowest BCUT2D eigenvalue weighted by molar-refractivity contribution is -0.126. The summed E-state index contributed by atoms with van der Waals surface area (Å²) in [5.41, 5.74) is 2.64. The molecule has 1 saturated heterocycles. The lowest BCUT2D eigenvalue weighted by Crippen LogP contribution is -2.42. The van der Waals surface area contributed by atoms with Crippen LogP contribution in [0.4, 0.5) is 0 Å². The molecule has 0 amide bonds. The van der Waals surface area contributed by atoms with Crippen LogP contribution in [-0.2, 0) is 4.79 Å². The molecule has 2 aliphatic rings. The van der Waals surface area contributed by atoms with Crippen LogP contribution in [0.2, 0.25) is 0 Å². The summed E-state index contributed by atoms with van der Waals surface area (Å²) in [6, 6.07) is 17.1. The van der Waals surface area contributed by atoms with Crippen LogP contribution in [0.3, 0.4) is 0 Å². The van der Waals surface area contributed by atoms with Crippen molar-refractivity contribution in [2.45, 2.75) is 22.1 Å². The van der Waals surface area contributed by atoms with Gasteiger partial charge in [-0.3, -0.25) is 4.79 Å². The minimum atomic E-state index is 0.0713. The van der Waals surface area contributed by atoms with Gasteiger partial charge in [-0.2, -0.15) is 0 Å². The molecular formula is C19H19NOS. The molecule has 112 valence electrons. The average Bonchev–Trinajstić information content (AvgIpc) is 2.55. The Balaban J connectivity index is 1.85. The Bertz CT molecular complexity index is 681. The number of Topliss-reactive ketones (excluding diaryl/α,β-unsaturated/α-hetero) is 1. The summed E-state index contributed by atoms with van der Waals surface area (Å²) in [6.45, 7) is 1.75. The number of hydrogen-bond acceptors (Lipinski definition) is 3. The van der Waals surface area contributed by atoms with Gasteiger partial charge < -0.3 is 4.90 Å². The van der Waals surface area contributed by atoms with E-state index >= 15 is 0 Å². The van der Waals surface area contributed by atoms with E-state index in [0.29, 0.717) is 12.2 Å². The summed E-state index contributed by atoms with van der Waals surface area (Å²) in [4.78, 5) is 17.5. The monoisotopic (exact) mass is 309 g/mol. The van der Waals surface area contributed by atoms with E-state index in [9.17, 15) is 4.79 Å². The molecule has 4 rings (SSSR count). The fourth-order valence-electron chi connectivity index (χ4n) is 3.69. The van der Waals surface area contributed by atoms with Crippen LogP contribution < -0.4 is 0 Å². The highest BCUT2D eigenvalue weighted by Crippen LogP contribution is 2.49. The van der Waals surface area contributed by atoms with Crippen molar-refractivity contribution in [3.8, 4) is 0 Å². The Morgan fingerprint density at radius 1 is 1.00 bits per heavy atom. The van der Waals surface area contributed by atoms with Gasteiger partial charge in [0.1, 0.15) is 5.78 Å². The zero-order chi connectivity index (χ0) is 15.1. The lowest BCUT2D eigenvalue weighted by atomic mass is 9.76. The molecule has 1 fully saturated rings. The number of carbonyl (C=O) groups is 1. The molecule has 0 aliphatic carbocycles. The first kappa shape index (κ1) is 14.0. The van der Waals surface area contributed by atoms with Crippen LogP contribution >= 0.6 is 11.8 Å². The number of nitrogens with zero attached hydrogens (tertiary/aromatic N) is 1. The molecule has 0 spiro atoms. The number of piperidine rings is 1. The first-order valence-electron chi connectivity index (χ1n) is 7.81. The maximum atomic E-state index is 12.6. The van der Waals surface area contributed by atoms with Crippen molar-refractivity contribution in [3.05, 3.63) is 59.7 Å². The fraction of sp³-hybridized carbons (Fsp3) is 0.316. The largest absolute Gasteiger partial charge is 0.305 e. The zero-order valence-corrected chi connectivity index (χ0v) is 13.5. The Labute approximate surface area is 135 Å². The van der Waals surface area contributed by atoms with Crippen molar-refractivity contribution in [1.82, 2.24) is 4.90 Å². The number of fused-ring (bicyclic) bond motifs is 2. The van der Waals surface area contributed by atoms with Crippen LogP contribution in [-0.4, -0.2) is 30.8 Å². The van der Waals surface area contributed by atoms with E-state index in [1.54, 1.807) is 0 Å². The number of benzene rings is 2. The molecular weight excluding hydrogens is 290 g/mol. The van der Waals surface area contributed by atoms with Gasteiger partial charge in [0, 0.05) is 41.1 Å². The van der Waals surface area contributed by atoms with Gasteiger partial charge in [0.05, 0.1) is 0 Å². The van der Waals surface area contributed by atoms with Crippen molar-refractivity contribution in [3.63, 3.8) is 0 Å². The number of ketones is 1. The standard InChI is InChI=1S/C19H19NOS/c1-20-11-10-16(21)15(12-20)19-13-6-2-4-8-17(13)22-18-9-5-3-7-14(18)19/h2-9,15,19H,10-12H2,1H3. The van der Waals surface area contributed by atoms with Gasteiger partial charge in [0.25, 0.3) is 0 Å². The van der Waals surface area contributed by atoms with Crippen molar-refractivity contribution >= 4 is 17.5 Å². The molecule has 0 aromatic heterocycles. The molecule has 2 aromatic rings. The second-order valence-electron chi connectivity index (χ2n) is 6.24. The first-order chi connectivity index (χ1) is 10.7. The number of likely N-dealkylation sites (tertiary alicyclic amines) is 1. The third-order valence-corrected chi connectivity index (χ3v) is 5.98. The van der Waals surface area contributed by atoms with E-state index in [1.807, 2.05) is 11.8 Å². The second-order valence-corrected chi connectivity index (χ2v) is 7.32. The molecule has 0 N–H and O–H groups in total. The molecule has 0 bridgehead atoms. The van der Waals surface area contributed by atoms with Gasteiger partial charge in [-0.1, -0.05) is 48.2 Å². The van der Waals surface area contributed by atoms with Crippen molar-refractivity contribution in [1.29, 1.82) is 0 Å². The molecule has 1 unspecified atom stereocenters. The van der Waals surface area contributed by atoms with E-state index < -0.39 is 0 Å². The number of hydrogen-bond donors (Lipinski definition) is 0. The van der Waals surface area contributed by atoms with E-state index in [-0.39, 0.29) is 11.8 Å². The van der Waals surface area contributed by atoms with Gasteiger partial charge in [0.2, 0.25) is 0 Å². The number of rotatable bonds is 1. The minimum Gasteiger partial charge on any atom is -0.305 e. The zero-order valence-electron chi connectivity index (χ0n) is 12.7. The van der Waals surface area contributed by atoms with Crippen LogP contribution in [0.5, 0.6) is 0 Å². The molecule has 22 heavy (non-hydrogen) atoms. The SMILES string of the molecule is CN1CCC(=O)C(C2c3ccccc3Sc3ccccc32)C1. The van der Waals surface area contributed by atoms with Crippen molar-refractivity contribution in [2.24, 2.45) is 5.92 Å². The lowest BCUT2D eigenvalue weighted by Gasteiger charge is -2.37. The van der Waals surface area contributed by atoms with Crippen LogP contribution in [0, 0.1) is 5.92 Å². The molecule has 0 radical (unpaired) electrons. The Morgan fingerprint density at radius 2 is 1.59 bits per heavy atom.